The summed E-state index contributed by atoms with van der Waals surface area (Å²) in [6.45, 7) is 0.474. The second-order valence-corrected chi connectivity index (χ2v) is 8.54. The van der Waals surface area contributed by atoms with Crippen LogP contribution in [0.2, 0.25) is 0 Å². The van der Waals surface area contributed by atoms with Gasteiger partial charge in [0.15, 0.2) is 5.69 Å². The molecule has 0 unspecified atom stereocenters. The maximum absolute atomic E-state index is 12.8. The molecule has 3 N–H and O–H groups in total. The van der Waals surface area contributed by atoms with Crippen molar-refractivity contribution in [3.05, 3.63) is 108 Å². The summed E-state index contributed by atoms with van der Waals surface area (Å²) in [4.78, 5) is 13.9. The minimum absolute atomic E-state index is 0.213. The normalized spacial score (nSPS) is 10.7. The van der Waals surface area contributed by atoms with Crippen LogP contribution >= 0.6 is 11.3 Å². The first-order valence-corrected chi connectivity index (χ1v) is 11.5. The number of rotatable bonds is 7. The number of anilines is 2. The number of nitrogens with one attached hydrogen (secondary N) is 1. The quantitative estimate of drug-likeness (QED) is 0.300. The molecular formula is C26H21N5O2S. The molecule has 0 radical (unpaired) electrons. The smallest absolute Gasteiger partial charge is 0.277 e. The van der Waals surface area contributed by atoms with Crippen LogP contribution in [0, 0.1) is 0 Å². The van der Waals surface area contributed by atoms with E-state index in [9.17, 15) is 4.79 Å². The van der Waals surface area contributed by atoms with Gasteiger partial charge in [-0.25, -0.2) is 4.68 Å². The SMILES string of the molecule is Nc1ccc(-c2cccs2)cc1NC(=O)c1cn(Cc2ccc(Oc3ccccc3)cc2)nn1. The van der Waals surface area contributed by atoms with Gasteiger partial charge in [0.05, 0.1) is 24.1 Å². The lowest BCUT2D eigenvalue weighted by Crippen LogP contribution is -2.13. The summed E-state index contributed by atoms with van der Waals surface area (Å²) in [6.07, 6.45) is 1.61. The summed E-state index contributed by atoms with van der Waals surface area (Å²) in [5.41, 5.74) is 9.31. The topological polar surface area (TPSA) is 95.1 Å². The van der Waals surface area contributed by atoms with Crippen LogP contribution in [0.4, 0.5) is 11.4 Å². The van der Waals surface area contributed by atoms with E-state index in [1.807, 2.05) is 84.2 Å². The molecule has 34 heavy (non-hydrogen) atoms. The monoisotopic (exact) mass is 467 g/mol. The first-order chi connectivity index (χ1) is 16.6. The second kappa shape index (κ2) is 9.60. The molecule has 5 rings (SSSR count). The number of benzene rings is 3. The van der Waals surface area contributed by atoms with Crippen LogP contribution < -0.4 is 15.8 Å². The molecule has 0 saturated heterocycles. The van der Waals surface area contributed by atoms with E-state index < -0.39 is 0 Å². The standard InChI is InChI=1S/C26H21N5O2S/c27-22-13-10-19(25-7-4-14-34-25)15-23(22)28-26(32)24-17-31(30-29-24)16-18-8-11-21(12-9-18)33-20-5-2-1-3-6-20/h1-15,17H,16,27H2,(H,28,32). The summed E-state index contributed by atoms with van der Waals surface area (Å²) in [5, 5.41) is 13.0. The van der Waals surface area contributed by atoms with Crippen molar-refractivity contribution >= 4 is 28.6 Å². The highest BCUT2D eigenvalue weighted by Crippen LogP contribution is 2.30. The Labute approximate surface area is 200 Å². The van der Waals surface area contributed by atoms with Gasteiger partial charge in [-0.3, -0.25) is 4.79 Å². The summed E-state index contributed by atoms with van der Waals surface area (Å²) in [5.74, 6) is 1.16. The number of thiophene rings is 1. The molecule has 0 atom stereocenters. The van der Waals surface area contributed by atoms with Crippen LogP contribution in [0.1, 0.15) is 16.1 Å². The van der Waals surface area contributed by atoms with Gasteiger partial charge in [0.1, 0.15) is 11.5 Å². The zero-order valence-corrected chi connectivity index (χ0v) is 18.9. The molecule has 7 nitrogen and oxygen atoms in total. The number of hydrogen-bond donors (Lipinski definition) is 2. The molecular weight excluding hydrogens is 446 g/mol. The molecule has 0 spiro atoms. The Bertz CT molecular complexity index is 1400. The highest BCUT2D eigenvalue weighted by atomic mass is 32.1. The first-order valence-electron chi connectivity index (χ1n) is 10.6. The Balaban J connectivity index is 1.23. The summed E-state index contributed by atoms with van der Waals surface area (Å²) in [6, 6.07) is 26.9. The van der Waals surface area contributed by atoms with E-state index in [-0.39, 0.29) is 11.6 Å². The molecule has 168 valence electrons. The van der Waals surface area contributed by atoms with Crippen LogP contribution in [0.3, 0.4) is 0 Å². The van der Waals surface area contributed by atoms with Gasteiger partial charge in [-0.1, -0.05) is 47.7 Å². The third-order valence-corrected chi connectivity index (χ3v) is 6.04. The van der Waals surface area contributed by atoms with Crippen molar-refractivity contribution in [2.45, 2.75) is 6.54 Å². The van der Waals surface area contributed by atoms with Crippen LogP contribution in [-0.2, 0) is 6.54 Å². The van der Waals surface area contributed by atoms with Gasteiger partial charge in [0.2, 0.25) is 0 Å². The van der Waals surface area contributed by atoms with Crippen molar-refractivity contribution in [2.75, 3.05) is 11.1 Å². The number of amides is 1. The summed E-state index contributed by atoms with van der Waals surface area (Å²) in [7, 11) is 0. The van der Waals surface area contributed by atoms with Crippen molar-refractivity contribution < 1.29 is 9.53 Å². The van der Waals surface area contributed by atoms with Crippen molar-refractivity contribution in [2.24, 2.45) is 0 Å². The van der Waals surface area contributed by atoms with Crippen LogP contribution in [-0.4, -0.2) is 20.9 Å². The number of aromatic nitrogens is 3. The molecule has 0 saturated carbocycles. The fourth-order valence-corrected chi connectivity index (χ4v) is 4.13. The van der Waals surface area contributed by atoms with E-state index in [4.69, 9.17) is 10.5 Å². The lowest BCUT2D eigenvalue weighted by Gasteiger charge is -2.09. The number of nitrogens with zero attached hydrogens (tertiary/aromatic N) is 3. The van der Waals surface area contributed by atoms with E-state index in [1.54, 1.807) is 28.3 Å². The van der Waals surface area contributed by atoms with Gasteiger partial charge in [-0.05, 0) is 59.0 Å². The van der Waals surface area contributed by atoms with Gasteiger partial charge in [0.25, 0.3) is 5.91 Å². The Hall–Kier alpha value is -4.43. The number of carbonyl (C=O) groups is 1. The molecule has 0 aliphatic carbocycles. The van der Waals surface area contributed by atoms with Gasteiger partial charge in [0, 0.05) is 4.88 Å². The molecule has 3 aromatic carbocycles. The van der Waals surface area contributed by atoms with Gasteiger partial charge in [-0.2, -0.15) is 0 Å². The third kappa shape index (κ3) is 4.97. The average molecular weight is 468 g/mol. The molecule has 1 amide bonds. The fraction of sp³-hybridized carbons (Fsp3) is 0.0385. The van der Waals surface area contributed by atoms with E-state index in [1.165, 1.54) is 0 Å². The average Bonchev–Trinajstić information content (AvgIpc) is 3.55. The van der Waals surface area contributed by atoms with E-state index in [2.05, 4.69) is 15.6 Å². The molecule has 8 heteroatoms. The Morgan fingerprint density at radius 3 is 2.53 bits per heavy atom. The van der Waals surface area contributed by atoms with Gasteiger partial charge < -0.3 is 15.8 Å². The van der Waals surface area contributed by atoms with Crippen molar-refractivity contribution in [3.8, 4) is 21.9 Å². The Morgan fingerprint density at radius 2 is 1.76 bits per heavy atom. The van der Waals surface area contributed by atoms with E-state index in [0.717, 1.165) is 27.5 Å². The largest absolute Gasteiger partial charge is 0.457 e. The van der Waals surface area contributed by atoms with E-state index >= 15 is 0 Å². The van der Waals surface area contributed by atoms with Crippen molar-refractivity contribution in [1.29, 1.82) is 0 Å². The zero-order valence-electron chi connectivity index (χ0n) is 18.1. The molecule has 0 aliphatic rings. The number of carbonyl (C=O) groups excluding carboxylic acids is 1. The molecule has 0 bridgehead atoms. The van der Waals surface area contributed by atoms with E-state index in [0.29, 0.717) is 17.9 Å². The molecule has 2 aromatic heterocycles. The Kier molecular flexibility index (Phi) is 6.05. The summed E-state index contributed by atoms with van der Waals surface area (Å²) >= 11 is 1.62. The number of hydrogen-bond acceptors (Lipinski definition) is 6. The predicted octanol–water partition coefficient (Wildman–Crippen LogP) is 5.68. The Morgan fingerprint density at radius 1 is 0.971 bits per heavy atom. The zero-order chi connectivity index (χ0) is 23.3. The minimum atomic E-state index is -0.368. The highest BCUT2D eigenvalue weighted by Gasteiger charge is 2.14. The maximum Gasteiger partial charge on any atom is 0.277 e. The summed E-state index contributed by atoms with van der Waals surface area (Å²) < 4.78 is 7.44. The molecule has 5 aromatic rings. The van der Waals surface area contributed by atoms with Gasteiger partial charge in [-0.15, -0.1) is 16.4 Å². The number of nitrogens with two attached hydrogens (primary N) is 1. The number of para-hydroxylation sites is 1. The first kappa shape index (κ1) is 21.4. The van der Waals surface area contributed by atoms with Crippen molar-refractivity contribution in [3.63, 3.8) is 0 Å². The molecule has 0 fully saturated rings. The van der Waals surface area contributed by atoms with Gasteiger partial charge >= 0.3 is 0 Å². The lowest BCUT2D eigenvalue weighted by molar-refractivity contribution is 0.102. The molecule has 0 aliphatic heterocycles. The maximum atomic E-state index is 12.8. The number of ether oxygens (including phenoxy) is 1. The third-order valence-electron chi connectivity index (χ3n) is 5.13. The second-order valence-electron chi connectivity index (χ2n) is 7.59. The van der Waals surface area contributed by atoms with Crippen LogP contribution in [0.5, 0.6) is 11.5 Å². The lowest BCUT2D eigenvalue weighted by atomic mass is 10.1. The number of nitrogen functional groups attached to an aromatic ring is 1. The fourth-order valence-electron chi connectivity index (χ4n) is 3.40. The van der Waals surface area contributed by atoms with Crippen LogP contribution in [0.25, 0.3) is 10.4 Å². The highest BCUT2D eigenvalue weighted by molar-refractivity contribution is 7.13. The van der Waals surface area contributed by atoms with Crippen LogP contribution in [0.15, 0.2) is 96.5 Å². The molecule has 2 heterocycles. The van der Waals surface area contributed by atoms with Crippen molar-refractivity contribution in [1.82, 2.24) is 15.0 Å². The predicted molar refractivity (Wildman–Crippen MR) is 134 cm³/mol. The minimum Gasteiger partial charge on any atom is -0.457 e.